The number of hydrogen-bond acceptors (Lipinski definition) is 4. The highest BCUT2D eigenvalue weighted by molar-refractivity contribution is 5.32. The topological polar surface area (TPSA) is 43.6 Å². The van der Waals surface area contributed by atoms with Crippen LogP contribution in [0.2, 0.25) is 0 Å². The van der Waals surface area contributed by atoms with Crippen molar-refractivity contribution in [1.29, 1.82) is 0 Å². The average molecular weight is 275 g/mol. The molecule has 0 fully saturated rings. The van der Waals surface area contributed by atoms with E-state index in [1.165, 1.54) is 0 Å². The van der Waals surface area contributed by atoms with Crippen LogP contribution in [0.5, 0.6) is 11.5 Å². The number of furan rings is 1. The molecule has 1 heterocycles. The van der Waals surface area contributed by atoms with E-state index >= 15 is 0 Å². The van der Waals surface area contributed by atoms with Crippen molar-refractivity contribution >= 4 is 0 Å². The molecule has 0 unspecified atom stereocenters. The smallest absolute Gasteiger partial charge is 0.122 e. The first-order chi connectivity index (χ1) is 9.88. The van der Waals surface area contributed by atoms with Crippen molar-refractivity contribution in [3.8, 4) is 11.5 Å². The van der Waals surface area contributed by atoms with E-state index in [0.717, 1.165) is 49.8 Å². The molecule has 4 heteroatoms. The van der Waals surface area contributed by atoms with Gasteiger partial charge in [0.1, 0.15) is 17.3 Å². The summed E-state index contributed by atoms with van der Waals surface area (Å²) in [4.78, 5) is 0. The van der Waals surface area contributed by atoms with Gasteiger partial charge in [-0.2, -0.15) is 0 Å². The third kappa shape index (κ3) is 4.97. The molecule has 0 aliphatic heterocycles. The van der Waals surface area contributed by atoms with E-state index in [1.54, 1.807) is 13.4 Å². The van der Waals surface area contributed by atoms with Crippen molar-refractivity contribution in [3.63, 3.8) is 0 Å². The summed E-state index contributed by atoms with van der Waals surface area (Å²) in [6.45, 7) is 2.46. The molecular weight excluding hydrogens is 254 g/mol. The van der Waals surface area contributed by atoms with Gasteiger partial charge in [-0.05, 0) is 43.7 Å². The van der Waals surface area contributed by atoms with Crippen LogP contribution in [0.15, 0.2) is 47.1 Å². The number of unbranched alkanes of at least 4 members (excludes halogenated alkanes) is 1. The maximum Gasteiger partial charge on any atom is 0.122 e. The van der Waals surface area contributed by atoms with Crippen molar-refractivity contribution in [3.05, 3.63) is 48.4 Å². The Morgan fingerprint density at radius 3 is 2.80 bits per heavy atom. The summed E-state index contributed by atoms with van der Waals surface area (Å²) in [5.74, 6) is 2.65. The summed E-state index contributed by atoms with van der Waals surface area (Å²) in [5.41, 5.74) is 0. The van der Waals surface area contributed by atoms with Crippen molar-refractivity contribution in [1.82, 2.24) is 5.32 Å². The van der Waals surface area contributed by atoms with Gasteiger partial charge in [0.05, 0.1) is 26.5 Å². The number of nitrogens with one attached hydrogen (secondary N) is 1. The molecule has 108 valence electrons. The number of rotatable bonds is 9. The van der Waals surface area contributed by atoms with Crippen LogP contribution in [0.1, 0.15) is 18.6 Å². The van der Waals surface area contributed by atoms with Crippen molar-refractivity contribution in [2.24, 2.45) is 0 Å². The Morgan fingerprint density at radius 1 is 1.10 bits per heavy atom. The van der Waals surface area contributed by atoms with Gasteiger partial charge in [-0.1, -0.05) is 6.07 Å². The van der Waals surface area contributed by atoms with Crippen LogP contribution in [0.25, 0.3) is 0 Å². The van der Waals surface area contributed by atoms with Crippen LogP contribution >= 0.6 is 0 Å². The predicted molar refractivity (Wildman–Crippen MR) is 78.1 cm³/mol. The molecule has 0 amide bonds. The van der Waals surface area contributed by atoms with Gasteiger partial charge in [0.25, 0.3) is 0 Å². The Labute approximate surface area is 119 Å². The molecule has 0 saturated heterocycles. The Kier molecular flexibility index (Phi) is 5.99. The van der Waals surface area contributed by atoms with Gasteiger partial charge in [0.2, 0.25) is 0 Å². The van der Waals surface area contributed by atoms with Gasteiger partial charge in [-0.15, -0.1) is 0 Å². The fraction of sp³-hybridized carbons (Fsp3) is 0.375. The van der Waals surface area contributed by atoms with Gasteiger partial charge in [0.15, 0.2) is 0 Å². The van der Waals surface area contributed by atoms with Crippen LogP contribution < -0.4 is 14.8 Å². The Balaban J connectivity index is 1.53. The Morgan fingerprint density at radius 2 is 2.00 bits per heavy atom. The highest BCUT2D eigenvalue weighted by atomic mass is 16.5. The van der Waals surface area contributed by atoms with Gasteiger partial charge >= 0.3 is 0 Å². The zero-order chi connectivity index (χ0) is 14.0. The lowest BCUT2D eigenvalue weighted by Gasteiger charge is -2.07. The minimum absolute atomic E-state index is 0.718. The van der Waals surface area contributed by atoms with E-state index in [9.17, 15) is 0 Å². The molecule has 2 rings (SSSR count). The molecule has 4 nitrogen and oxygen atoms in total. The average Bonchev–Trinajstić information content (AvgIpc) is 3.00. The second-order valence-corrected chi connectivity index (χ2v) is 4.49. The third-order valence-corrected chi connectivity index (χ3v) is 2.94. The summed E-state index contributed by atoms with van der Waals surface area (Å²) in [5, 5.41) is 3.34. The summed E-state index contributed by atoms with van der Waals surface area (Å²) < 4.78 is 16.1. The van der Waals surface area contributed by atoms with Gasteiger partial charge in [-0.25, -0.2) is 0 Å². The molecule has 1 aromatic heterocycles. The van der Waals surface area contributed by atoms with Crippen LogP contribution in [0, 0.1) is 0 Å². The minimum atomic E-state index is 0.718. The van der Waals surface area contributed by atoms with Crippen LogP contribution in [0.4, 0.5) is 0 Å². The molecule has 0 saturated carbocycles. The van der Waals surface area contributed by atoms with Crippen LogP contribution in [-0.4, -0.2) is 20.3 Å². The summed E-state index contributed by atoms with van der Waals surface area (Å²) in [6, 6.07) is 11.6. The van der Waals surface area contributed by atoms with Crippen LogP contribution in [0.3, 0.4) is 0 Å². The SMILES string of the molecule is COc1cccc(OCCCCNCc2ccco2)c1. The first kappa shape index (κ1) is 14.5. The lowest BCUT2D eigenvalue weighted by atomic mass is 10.3. The zero-order valence-corrected chi connectivity index (χ0v) is 11.8. The molecule has 0 radical (unpaired) electrons. The van der Waals surface area contributed by atoms with E-state index in [-0.39, 0.29) is 0 Å². The molecular formula is C16H21NO3. The molecule has 0 aliphatic carbocycles. The quantitative estimate of drug-likeness (QED) is 0.713. The second kappa shape index (κ2) is 8.27. The predicted octanol–water partition coefficient (Wildman–Crippen LogP) is 3.24. The number of benzene rings is 1. The Hall–Kier alpha value is -1.94. The van der Waals surface area contributed by atoms with Crippen molar-refractivity contribution < 1.29 is 13.9 Å². The fourth-order valence-corrected chi connectivity index (χ4v) is 1.86. The fourth-order valence-electron chi connectivity index (χ4n) is 1.86. The lowest BCUT2D eigenvalue weighted by Crippen LogP contribution is -2.15. The molecule has 1 aromatic carbocycles. The van der Waals surface area contributed by atoms with Crippen molar-refractivity contribution in [2.75, 3.05) is 20.3 Å². The number of methoxy groups -OCH3 is 1. The standard InChI is InChI=1S/C16H21NO3/c1-18-14-6-4-7-15(12-14)19-10-3-2-9-17-13-16-8-5-11-20-16/h4-8,11-12,17H,2-3,9-10,13H2,1H3. The normalized spacial score (nSPS) is 10.4. The minimum Gasteiger partial charge on any atom is -0.497 e. The molecule has 0 atom stereocenters. The highest BCUT2D eigenvalue weighted by Crippen LogP contribution is 2.18. The molecule has 0 aliphatic rings. The third-order valence-electron chi connectivity index (χ3n) is 2.94. The lowest BCUT2D eigenvalue weighted by molar-refractivity contribution is 0.303. The summed E-state index contributed by atoms with van der Waals surface area (Å²) in [7, 11) is 1.66. The molecule has 1 N–H and O–H groups in total. The monoisotopic (exact) mass is 275 g/mol. The van der Waals surface area contributed by atoms with Crippen molar-refractivity contribution in [2.45, 2.75) is 19.4 Å². The molecule has 0 spiro atoms. The van der Waals surface area contributed by atoms with Gasteiger partial charge < -0.3 is 19.2 Å². The maximum atomic E-state index is 5.67. The zero-order valence-electron chi connectivity index (χ0n) is 11.8. The highest BCUT2D eigenvalue weighted by Gasteiger charge is 1.97. The Bertz CT molecular complexity index is 482. The van der Waals surface area contributed by atoms with Crippen LogP contribution in [-0.2, 0) is 6.54 Å². The largest absolute Gasteiger partial charge is 0.497 e. The van der Waals surface area contributed by atoms with E-state index in [0.29, 0.717) is 0 Å². The van der Waals surface area contributed by atoms with E-state index < -0.39 is 0 Å². The molecule has 2 aromatic rings. The van der Waals surface area contributed by atoms with Gasteiger partial charge in [0, 0.05) is 6.07 Å². The maximum absolute atomic E-state index is 5.67. The van der Waals surface area contributed by atoms with E-state index in [1.807, 2.05) is 36.4 Å². The summed E-state index contributed by atoms with van der Waals surface area (Å²) in [6.07, 6.45) is 3.78. The van der Waals surface area contributed by atoms with Gasteiger partial charge in [-0.3, -0.25) is 0 Å². The first-order valence-corrected chi connectivity index (χ1v) is 6.88. The second-order valence-electron chi connectivity index (χ2n) is 4.49. The first-order valence-electron chi connectivity index (χ1n) is 6.88. The number of hydrogen-bond donors (Lipinski definition) is 1. The molecule has 0 bridgehead atoms. The molecule has 20 heavy (non-hydrogen) atoms. The van der Waals surface area contributed by atoms with E-state index in [2.05, 4.69) is 5.32 Å². The summed E-state index contributed by atoms with van der Waals surface area (Å²) >= 11 is 0. The number of ether oxygens (including phenoxy) is 2. The van der Waals surface area contributed by atoms with E-state index in [4.69, 9.17) is 13.9 Å².